The molecule has 1 rings (SSSR count). The lowest BCUT2D eigenvalue weighted by Crippen LogP contribution is -2.27. The van der Waals surface area contributed by atoms with E-state index in [-0.39, 0.29) is 0 Å². The second-order valence-corrected chi connectivity index (χ2v) is 3.37. The Morgan fingerprint density at radius 3 is 2.81 bits per heavy atom. The van der Waals surface area contributed by atoms with Gasteiger partial charge >= 0.3 is 5.97 Å². The van der Waals surface area contributed by atoms with E-state index in [4.69, 9.17) is 5.73 Å². The molecule has 1 aromatic heterocycles. The van der Waals surface area contributed by atoms with Gasteiger partial charge in [0.1, 0.15) is 0 Å². The molecular weight excluding hydrogens is 208 g/mol. The highest BCUT2D eigenvalue weighted by Crippen LogP contribution is 2.10. The van der Waals surface area contributed by atoms with Gasteiger partial charge in [0.2, 0.25) is 5.95 Å². The molecule has 0 radical (unpaired) electrons. The average molecular weight is 224 g/mol. The van der Waals surface area contributed by atoms with E-state index in [0.29, 0.717) is 30.3 Å². The molecule has 0 saturated carbocycles. The molecule has 0 fully saturated rings. The van der Waals surface area contributed by atoms with Crippen LogP contribution in [-0.2, 0) is 4.74 Å². The van der Waals surface area contributed by atoms with Crippen molar-refractivity contribution < 1.29 is 9.53 Å². The van der Waals surface area contributed by atoms with Gasteiger partial charge in [-0.3, -0.25) is 0 Å². The van der Waals surface area contributed by atoms with E-state index >= 15 is 0 Å². The number of rotatable bonds is 4. The molecule has 6 heteroatoms. The van der Waals surface area contributed by atoms with E-state index < -0.39 is 5.97 Å². The molecule has 1 aromatic rings. The molecule has 88 valence electrons. The Hall–Kier alpha value is -1.69. The summed E-state index contributed by atoms with van der Waals surface area (Å²) in [5.41, 5.74) is 6.41. The van der Waals surface area contributed by atoms with E-state index in [2.05, 4.69) is 14.7 Å². The number of carbonyl (C=O) groups is 1. The number of esters is 1. The lowest BCUT2D eigenvalue weighted by atomic mass is 10.2. The Labute approximate surface area is 94.4 Å². The summed E-state index contributed by atoms with van der Waals surface area (Å²) in [5, 5.41) is 0. The fraction of sp³-hybridized carbons (Fsp3) is 0.500. The van der Waals surface area contributed by atoms with Crippen LogP contribution >= 0.6 is 0 Å². The Morgan fingerprint density at radius 1 is 1.62 bits per heavy atom. The zero-order valence-corrected chi connectivity index (χ0v) is 9.73. The Bertz CT molecular complexity index is 381. The molecule has 0 aromatic carbocycles. The number of anilines is 1. The van der Waals surface area contributed by atoms with Crippen LogP contribution in [0.1, 0.15) is 16.1 Å². The maximum atomic E-state index is 11.3. The van der Waals surface area contributed by atoms with Gasteiger partial charge in [0.05, 0.1) is 18.4 Å². The number of hydrogen-bond acceptors (Lipinski definition) is 6. The second kappa shape index (κ2) is 5.41. The number of aryl methyl sites for hydroxylation is 1. The predicted molar refractivity (Wildman–Crippen MR) is 60.4 cm³/mol. The van der Waals surface area contributed by atoms with Crippen molar-refractivity contribution in [3.05, 3.63) is 17.5 Å². The van der Waals surface area contributed by atoms with Crippen LogP contribution in [-0.4, -0.2) is 43.2 Å². The quantitative estimate of drug-likeness (QED) is 0.723. The zero-order valence-electron chi connectivity index (χ0n) is 9.73. The van der Waals surface area contributed by atoms with Crippen LogP contribution in [0.25, 0.3) is 0 Å². The van der Waals surface area contributed by atoms with Crippen LogP contribution in [0, 0.1) is 6.92 Å². The number of nitrogens with two attached hydrogens (primary N) is 1. The SMILES string of the molecule is COC(=O)c1cnc(N(C)CCN)nc1C. The molecule has 16 heavy (non-hydrogen) atoms. The fourth-order valence-electron chi connectivity index (χ4n) is 1.24. The van der Waals surface area contributed by atoms with Gasteiger partial charge in [0.15, 0.2) is 0 Å². The number of hydrogen-bond donors (Lipinski definition) is 1. The van der Waals surface area contributed by atoms with E-state index in [9.17, 15) is 4.79 Å². The van der Waals surface area contributed by atoms with Gasteiger partial charge in [-0.25, -0.2) is 14.8 Å². The van der Waals surface area contributed by atoms with E-state index in [1.54, 1.807) is 6.92 Å². The van der Waals surface area contributed by atoms with Crippen LogP contribution in [0.15, 0.2) is 6.20 Å². The third kappa shape index (κ3) is 2.66. The summed E-state index contributed by atoms with van der Waals surface area (Å²) < 4.78 is 4.61. The summed E-state index contributed by atoms with van der Waals surface area (Å²) in [5.74, 6) is 0.126. The normalized spacial score (nSPS) is 10.0. The van der Waals surface area contributed by atoms with Crippen LogP contribution in [0.3, 0.4) is 0 Å². The summed E-state index contributed by atoms with van der Waals surface area (Å²) in [6.45, 7) is 2.93. The minimum atomic E-state index is -0.425. The van der Waals surface area contributed by atoms with Crippen molar-refractivity contribution in [3.8, 4) is 0 Å². The summed E-state index contributed by atoms with van der Waals surface area (Å²) >= 11 is 0. The summed E-state index contributed by atoms with van der Waals surface area (Å²) in [7, 11) is 3.18. The number of nitrogens with zero attached hydrogens (tertiary/aromatic N) is 3. The highest BCUT2D eigenvalue weighted by molar-refractivity contribution is 5.90. The van der Waals surface area contributed by atoms with Crippen molar-refractivity contribution in [2.75, 3.05) is 32.1 Å². The maximum absolute atomic E-state index is 11.3. The summed E-state index contributed by atoms with van der Waals surface area (Å²) in [4.78, 5) is 21.4. The Morgan fingerprint density at radius 2 is 2.31 bits per heavy atom. The van der Waals surface area contributed by atoms with Crippen molar-refractivity contribution in [3.63, 3.8) is 0 Å². The monoisotopic (exact) mass is 224 g/mol. The molecular formula is C10H16N4O2. The smallest absolute Gasteiger partial charge is 0.341 e. The molecule has 0 atom stereocenters. The topological polar surface area (TPSA) is 81.3 Å². The van der Waals surface area contributed by atoms with Gasteiger partial charge in [-0.05, 0) is 6.92 Å². The molecule has 0 aliphatic heterocycles. The van der Waals surface area contributed by atoms with Crippen LogP contribution in [0.4, 0.5) is 5.95 Å². The number of likely N-dealkylation sites (N-methyl/N-ethyl adjacent to an activating group) is 1. The highest BCUT2D eigenvalue weighted by atomic mass is 16.5. The molecule has 0 aliphatic rings. The largest absolute Gasteiger partial charge is 0.465 e. The van der Waals surface area contributed by atoms with Crippen molar-refractivity contribution in [2.24, 2.45) is 5.73 Å². The number of ether oxygens (including phenoxy) is 1. The van der Waals surface area contributed by atoms with Gasteiger partial charge in [0, 0.05) is 26.3 Å². The molecule has 0 bridgehead atoms. The first kappa shape index (κ1) is 12.4. The number of aromatic nitrogens is 2. The standard InChI is InChI=1S/C10H16N4O2/c1-7-8(9(15)16-3)6-12-10(13-7)14(2)5-4-11/h6H,4-5,11H2,1-3H3. The van der Waals surface area contributed by atoms with E-state index in [0.717, 1.165) is 0 Å². The van der Waals surface area contributed by atoms with Crippen LogP contribution < -0.4 is 10.6 Å². The molecule has 6 nitrogen and oxygen atoms in total. The third-order valence-corrected chi connectivity index (χ3v) is 2.18. The first-order chi connectivity index (χ1) is 7.60. The minimum absolute atomic E-state index is 0.382. The van der Waals surface area contributed by atoms with Crippen molar-refractivity contribution in [2.45, 2.75) is 6.92 Å². The van der Waals surface area contributed by atoms with Crippen molar-refractivity contribution in [1.29, 1.82) is 0 Å². The molecule has 0 unspecified atom stereocenters. The molecule has 0 aliphatic carbocycles. The van der Waals surface area contributed by atoms with E-state index in [1.807, 2.05) is 11.9 Å². The number of carbonyl (C=O) groups excluding carboxylic acids is 1. The third-order valence-electron chi connectivity index (χ3n) is 2.18. The van der Waals surface area contributed by atoms with Gasteiger partial charge in [-0.15, -0.1) is 0 Å². The lowest BCUT2D eigenvalue weighted by molar-refractivity contribution is 0.0599. The van der Waals surface area contributed by atoms with E-state index in [1.165, 1.54) is 13.3 Å². The van der Waals surface area contributed by atoms with Gasteiger partial charge in [0.25, 0.3) is 0 Å². The zero-order chi connectivity index (χ0) is 12.1. The molecule has 0 saturated heterocycles. The Balaban J connectivity index is 2.94. The molecule has 0 spiro atoms. The van der Waals surface area contributed by atoms with Gasteiger partial charge in [-0.2, -0.15) is 0 Å². The number of methoxy groups -OCH3 is 1. The minimum Gasteiger partial charge on any atom is -0.465 e. The van der Waals surface area contributed by atoms with Crippen molar-refractivity contribution >= 4 is 11.9 Å². The van der Waals surface area contributed by atoms with Gasteiger partial charge in [-0.1, -0.05) is 0 Å². The maximum Gasteiger partial charge on any atom is 0.341 e. The summed E-state index contributed by atoms with van der Waals surface area (Å²) in [6, 6.07) is 0. The fourth-order valence-corrected chi connectivity index (χ4v) is 1.24. The van der Waals surface area contributed by atoms with Crippen LogP contribution in [0.2, 0.25) is 0 Å². The van der Waals surface area contributed by atoms with Crippen LogP contribution in [0.5, 0.6) is 0 Å². The van der Waals surface area contributed by atoms with Crippen molar-refractivity contribution in [1.82, 2.24) is 9.97 Å². The highest BCUT2D eigenvalue weighted by Gasteiger charge is 2.13. The van der Waals surface area contributed by atoms with Gasteiger partial charge < -0.3 is 15.4 Å². The molecule has 2 N–H and O–H groups in total. The Kier molecular flexibility index (Phi) is 4.19. The molecule has 0 amide bonds. The molecule has 1 heterocycles. The first-order valence-electron chi connectivity index (χ1n) is 4.93. The summed E-state index contributed by atoms with van der Waals surface area (Å²) in [6.07, 6.45) is 1.47. The predicted octanol–water partition coefficient (Wildman–Crippen LogP) is -0.0335. The second-order valence-electron chi connectivity index (χ2n) is 3.37. The average Bonchev–Trinajstić information content (AvgIpc) is 2.28. The first-order valence-corrected chi connectivity index (χ1v) is 4.93. The lowest BCUT2D eigenvalue weighted by Gasteiger charge is -2.16.